The highest BCUT2D eigenvalue weighted by molar-refractivity contribution is 8.13. The van der Waals surface area contributed by atoms with E-state index in [2.05, 4.69) is 5.32 Å². The Bertz CT molecular complexity index is 295. The number of thioether (sulfide) groups is 1. The summed E-state index contributed by atoms with van der Waals surface area (Å²) >= 11 is 1.98. The molecule has 1 N–H and O–H groups in total. The first-order chi connectivity index (χ1) is 8.92. The second-order valence-corrected chi connectivity index (χ2v) is 7.20. The van der Waals surface area contributed by atoms with Crippen LogP contribution in [0.1, 0.15) is 64.2 Å². The number of hydrogen-bond donors (Lipinski definition) is 1. The summed E-state index contributed by atoms with van der Waals surface area (Å²) < 4.78 is 0. The van der Waals surface area contributed by atoms with Gasteiger partial charge in [0.1, 0.15) is 0 Å². The number of nitrogens with one attached hydrogen (secondary N) is 1. The molecule has 0 aromatic carbocycles. The van der Waals surface area contributed by atoms with E-state index in [-0.39, 0.29) is 0 Å². The summed E-state index contributed by atoms with van der Waals surface area (Å²) in [5.41, 5.74) is 0. The van der Waals surface area contributed by atoms with Crippen molar-refractivity contribution in [3.8, 4) is 0 Å². The number of aliphatic imine (C=N–C) groups is 1. The Hall–Kier alpha value is -0.180. The van der Waals surface area contributed by atoms with E-state index in [0.717, 1.165) is 5.92 Å². The summed E-state index contributed by atoms with van der Waals surface area (Å²) in [5.74, 6) is 2.20. The van der Waals surface area contributed by atoms with Crippen LogP contribution in [0.2, 0.25) is 0 Å². The largest absolute Gasteiger partial charge is 0.362 e. The van der Waals surface area contributed by atoms with E-state index in [4.69, 9.17) is 4.99 Å². The molecule has 0 amide bonds. The van der Waals surface area contributed by atoms with Gasteiger partial charge in [0.15, 0.2) is 5.17 Å². The minimum absolute atomic E-state index is 0.655. The van der Waals surface area contributed by atoms with E-state index >= 15 is 0 Å². The SMILES string of the molecule is C1CCCC(NC2=NC3CCCC3CS2)CCC1. The van der Waals surface area contributed by atoms with E-state index in [1.54, 1.807) is 0 Å². The van der Waals surface area contributed by atoms with Crippen molar-refractivity contribution >= 4 is 16.9 Å². The van der Waals surface area contributed by atoms with Crippen molar-refractivity contribution in [3.05, 3.63) is 0 Å². The highest BCUT2D eigenvalue weighted by Gasteiger charge is 2.31. The third kappa shape index (κ3) is 3.23. The lowest BCUT2D eigenvalue weighted by Crippen LogP contribution is -2.37. The summed E-state index contributed by atoms with van der Waals surface area (Å²) in [6, 6.07) is 1.36. The number of amidine groups is 1. The maximum Gasteiger partial charge on any atom is 0.157 e. The molecule has 3 rings (SSSR count). The zero-order chi connectivity index (χ0) is 12.2. The first-order valence-corrected chi connectivity index (χ1v) is 8.87. The van der Waals surface area contributed by atoms with Crippen molar-refractivity contribution in [2.75, 3.05) is 5.75 Å². The Balaban J connectivity index is 1.54. The highest BCUT2D eigenvalue weighted by atomic mass is 32.2. The lowest BCUT2D eigenvalue weighted by molar-refractivity contribution is 0.428. The fourth-order valence-electron chi connectivity index (χ4n) is 3.61. The van der Waals surface area contributed by atoms with E-state index in [0.29, 0.717) is 12.1 Å². The summed E-state index contributed by atoms with van der Waals surface area (Å²) in [6.07, 6.45) is 14.0. The molecule has 2 unspecified atom stereocenters. The van der Waals surface area contributed by atoms with Crippen molar-refractivity contribution in [1.82, 2.24) is 5.32 Å². The molecule has 1 heterocycles. The summed E-state index contributed by atoms with van der Waals surface area (Å²) in [4.78, 5) is 4.96. The van der Waals surface area contributed by atoms with Gasteiger partial charge in [-0.3, -0.25) is 4.99 Å². The molecule has 0 radical (unpaired) electrons. The van der Waals surface area contributed by atoms with Crippen LogP contribution in [-0.4, -0.2) is 23.0 Å². The number of hydrogen-bond acceptors (Lipinski definition) is 3. The molecule has 3 aliphatic rings. The van der Waals surface area contributed by atoms with Crippen molar-refractivity contribution in [3.63, 3.8) is 0 Å². The van der Waals surface area contributed by atoms with E-state index < -0.39 is 0 Å². The Morgan fingerprint density at radius 1 is 0.889 bits per heavy atom. The van der Waals surface area contributed by atoms with Gasteiger partial charge in [-0.15, -0.1) is 0 Å². The van der Waals surface area contributed by atoms with Crippen LogP contribution in [0.4, 0.5) is 0 Å². The van der Waals surface area contributed by atoms with Crippen LogP contribution in [0.5, 0.6) is 0 Å². The molecule has 0 spiro atoms. The van der Waals surface area contributed by atoms with Gasteiger partial charge in [0.2, 0.25) is 0 Å². The first-order valence-electron chi connectivity index (χ1n) is 7.89. The van der Waals surface area contributed by atoms with Gasteiger partial charge in [0.05, 0.1) is 6.04 Å². The first kappa shape index (κ1) is 12.8. The van der Waals surface area contributed by atoms with Gasteiger partial charge in [-0.05, 0) is 31.6 Å². The van der Waals surface area contributed by atoms with Crippen LogP contribution in [0, 0.1) is 5.92 Å². The van der Waals surface area contributed by atoms with Crippen LogP contribution in [-0.2, 0) is 0 Å². The second-order valence-electron chi connectivity index (χ2n) is 6.19. The molecule has 2 saturated carbocycles. The predicted octanol–water partition coefficient (Wildman–Crippen LogP) is 3.96. The van der Waals surface area contributed by atoms with Gasteiger partial charge in [-0.25, -0.2) is 0 Å². The fourth-order valence-corrected chi connectivity index (χ4v) is 4.83. The Labute approximate surface area is 115 Å². The maximum absolute atomic E-state index is 4.96. The molecule has 102 valence electrons. The molecular weight excluding hydrogens is 240 g/mol. The molecule has 2 atom stereocenters. The zero-order valence-corrected chi connectivity index (χ0v) is 12.2. The van der Waals surface area contributed by atoms with Crippen molar-refractivity contribution in [2.45, 2.75) is 76.3 Å². The molecule has 3 heteroatoms. The Kier molecular flexibility index (Phi) is 4.50. The highest BCUT2D eigenvalue weighted by Crippen LogP contribution is 2.35. The van der Waals surface area contributed by atoms with E-state index in [1.807, 2.05) is 11.8 Å². The average molecular weight is 266 g/mol. The van der Waals surface area contributed by atoms with Crippen molar-refractivity contribution in [2.24, 2.45) is 10.9 Å². The van der Waals surface area contributed by atoms with E-state index in [9.17, 15) is 0 Å². The van der Waals surface area contributed by atoms with Crippen LogP contribution in [0.25, 0.3) is 0 Å². The number of fused-ring (bicyclic) bond motifs is 1. The third-order valence-electron chi connectivity index (χ3n) is 4.77. The van der Waals surface area contributed by atoms with Gasteiger partial charge in [-0.2, -0.15) is 0 Å². The van der Waals surface area contributed by atoms with Gasteiger partial charge < -0.3 is 5.32 Å². The fraction of sp³-hybridized carbons (Fsp3) is 0.933. The summed E-state index contributed by atoms with van der Waals surface area (Å²) in [5, 5.41) is 5.02. The van der Waals surface area contributed by atoms with Crippen molar-refractivity contribution in [1.29, 1.82) is 0 Å². The molecule has 1 aliphatic heterocycles. The van der Waals surface area contributed by atoms with Gasteiger partial charge in [0, 0.05) is 11.8 Å². The molecule has 2 fully saturated rings. The number of rotatable bonds is 1. The quantitative estimate of drug-likeness (QED) is 0.777. The maximum atomic E-state index is 4.96. The second kappa shape index (κ2) is 6.31. The molecule has 0 saturated heterocycles. The normalized spacial score (nSPS) is 34.3. The third-order valence-corrected chi connectivity index (χ3v) is 5.86. The molecule has 2 nitrogen and oxygen atoms in total. The molecule has 0 bridgehead atoms. The van der Waals surface area contributed by atoms with Gasteiger partial charge in [0.25, 0.3) is 0 Å². The molecule has 0 aromatic heterocycles. The minimum atomic E-state index is 0.655. The summed E-state index contributed by atoms with van der Waals surface area (Å²) in [6.45, 7) is 0. The predicted molar refractivity (Wildman–Crippen MR) is 80.3 cm³/mol. The van der Waals surface area contributed by atoms with Crippen LogP contribution < -0.4 is 5.32 Å². The minimum Gasteiger partial charge on any atom is -0.362 e. The van der Waals surface area contributed by atoms with Gasteiger partial charge >= 0.3 is 0 Å². The molecular formula is C15H26N2S. The van der Waals surface area contributed by atoms with E-state index in [1.165, 1.54) is 75.1 Å². The van der Waals surface area contributed by atoms with Gasteiger partial charge in [-0.1, -0.05) is 50.3 Å². The monoisotopic (exact) mass is 266 g/mol. The smallest absolute Gasteiger partial charge is 0.157 e. The van der Waals surface area contributed by atoms with Crippen LogP contribution >= 0.6 is 11.8 Å². The zero-order valence-electron chi connectivity index (χ0n) is 11.4. The standard InChI is InChI=1S/C15H26N2S/c1-2-4-8-13(9-5-3-1)16-15-17-14-10-6-7-12(14)11-18-15/h12-14H,1-11H2,(H,16,17). The average Bonchev–Trinajstić information content (AvgIpc) is 2.79. The summed E-state index contributed by atoms with van der Waals surface area (Å²) in [7, 11) is 0. The Morgan fingerprint density at radius 2 is 1.67 bits per heavy atom. The Morgan fingerprint density at radius 3 is 2.50 bits per heavy atom. The number of nitrogens with zero attached hydrogens (tertiary/aromatic N) is 1. The molecule has 2 aliphatic carbocycles. The molecule has 18 heavy (non-hydrogen) atoms. The van der Waals surface area contributed by atoms with Crippen LogP contribution in [0.15, 0.2) is 4.99 Å². The van der Waals surface area contributed by atoms with Crippen LogP contribution in [0.3, 0.4) is 0 Å². The molecule has 0 aromatic rings. The topological polar surface area (TPSA) is 24.4 Å². The lowest BCUT2D eigenvalue weighted by atomic mass is 9.97. The van der Waals surface area contributed by atoms with Crippen molar-refractivity contribution < 1.29 is 0 Å². The lowest BCUT2D eigenvalue weighted by Gasteiger charge is -2.27.